The second kappa shape index (κ2) is 13.0. The molecule has 0 spiro atoms. The van der Waals surface area contributed by atoms with Crippen LogP contribution < -0.4 is 16.4 Å². The number of carbonyl (C=O) groups is 3. The Kier molecular flexibility index (Phi) is 9.40. The molecular weight excluding hydrogens is 621 g/mol. The Morgan fingerprint density at radius 2 is 1.64 bits per heavy atom. The molecule has 2 aromatic carbocycles. The fourth-order valence-corrected chi connectivity index (χ4v) is 5.93. The van der Waals surface area contributed by atoms with Gasteiger partial charge in [0.05, 0.1) is 36.3 Å². The van der Waals surface area contributed by atoms with E-state index >= 15 is 0 Å². The zero-order valence-corrected chi connectivity index (χ0v) is 25.9. The Morgan fingerprint density at radius 3 is 2.15 bits per heavy atom. The predicted octanol–water partition coefficient (Wildman–Crippen LogP) is 4.83. The van der Waals surface area contributed by atoms with E-state index in [-0.39, 0.29) is 18.0 Å². The van der Waals surface area contributed by atoms with Gasteiger partial charge in [0, 0.05) is 12.6 Å². The van der Waals surface area contributed by atoms with Gasteiger partial charge in [-0.05, 0) is 61.1 Å². The molecule has 2 heterocycles. The van der Waals surface area contributed by atoms with E-state index in [1.807, 2.05) is 17.4 Å². The third-order valence-electron chi connectivity index (χ3n) is 8.65. The summed E-state index contributed by atoms with van der Waals surface area (Å²) in [7, 11) is 0. The van der Waals surface area contributed by atoms with Gasteiger partial charge in [0.15, 0.2) is 6.04 Å². The van der Waals surface area contributed by atoms with Gasteiger partial charge < -0.3 is 16.0 Å². The van der Waals surface area contributed by atoms with Crippen LogP contribution in [0.2, 0.25) is 0 Å². The van der Waals surface area contributed by atoms with Crippen LogP contribution in [-0.4, -0.2) is 64.3 Å². The molecule has 3 unspecified atom stereocenters. The van der Waals surface area contributed by atoms with Crippen LogP contribution in [0.1, 0.15) is 56.0 Å². The van der Waals surface area contributed by atoms with Gasteiger partial charge in [0.2, 0.25) is 11.8 Å². The molecule has 2 fully saturated rings. The minimum Gasteiger partial charge on any atom is -0.369 e. The average Bonchev–Trinajstić information content (AvgIpc) is 3.80. The zero-order valence-electron chi connectivity index (χ0n) is 25.9. The van der Waals surface area contributed by atoms with Crippen molar-refractivity contribution in [3.8, 4) is 11.1 Å². The number of pyridine rings is 1. The van der Waals surface area contributed by atoms with Crippen LogP contribution in [0.4, 0.5) is 22.0 Å². The Bertz CT molecular complexity index is 1590. The highest BCUT2D eigenvalue weighted by atomic mass is 19.3. The van der Waals surface area contributed by atoms with Crippen LogP contribution in [0.25, 0.3) is 11.1 Å². The number of hydrogen-bond acceptors (Lipinski definition) is 5. The normalized spacial score (nSPS) is 19.8. The van der Waals surface area contributed by atoms with E-state index in [0.29, 0.717) is 24.1 Å². The van der Waals surface area contributed by atoms with Crippen molar-refractivity contribution < 1.29 is 36.3 Å². The standard InChI is InChI=1S/C34H36F5N5O3/c1-32(2,37)17-25(29(45)43-27-30(46)44(19-34(27,38)39)18-24-5-3-4-16-41-24)42-26(28(35)36)22-8-6-20(7-9-22)21-10-12-23(13-11-21)33(14-15-33)31(40)47/h3-13,16,25-28,42H,14-15,17-19H2,1-2H3,(H2,40,47)(H,43,45). The lowest BCUT2D eigenvalue weighted by atomic mass is 9.92. The quantitative estimate of drug-likeness (QED) is 0.228. The maximum Gasteiger partial charge on any atom is 0.294 e. The van der Waals surface area contributed by atoms with Gasteiger partial charge in [-0.3, -0.25) is 24.7 Å². The summed E-state index contributed by atoms with van der Waals surface area (Å²) in [5.74, 6) is -6.33. The maximum absolute atomic E-state index is 15.0. The van der Waals surface area contributed by atoms with Crippen LogP contribution in [-0.2, 0) is 26.3 Å². The van der Waals surface area contributed by atoms with E-state index < -0.39 is 66.3 Å². The van der Waals surface area contributed by atoms with E-state index in [1.165, 1.54) is 18.3 Å². The molecule has 13 heteroatoms. The SMILES string of the molecule is CC(C)(F)CC(NC(c1ccc(-c2ccc(C3(C(N)=O)CC3)cc2)cc1)C(F)F)C(=O)NC1C(=O)N(Cc2ccccn2)CC1(F)F. The number of nitrogens with two attached hydrogens (primary N) is 1. The van der Waals surface area contributed by atoms with Gasteiger partial charge in [0.1, 0.15) is 5.67 Å². The number of likely N-dealkylation sites (tertiary alicyclic amines) is 1. The topological polar surface area (TPSA) is 117 Å². The van der Waals surface area contributed by atoms with Crippen LogP contribution in [0.5, 0.6) is 0 Å². The minimum absolute atomic E-state index is 0.0734. The monoisotopic (exact) mass is 657 g/mol. The van der Waals surface area contributed by atoms with Crippen molar-refractivity contribution in [2.24, 2.45) is 5.73 Å². The third kappa shape index (κ3) is 7.61. The van der Waals surface area contributed by atoms with E-state index in [2.05, 4.69) is 10.3 Å². The zero-order chi connectivity index (χ0) is 34.1. The van der Waals surface area contributed by atoms with Crippen molar-refractivity contribution in [3.63, 3.8) is 0 Å². The highest BCUT2D eigenvalue weighted by Gasteiger charge is 2.55. The van der Waals surface area contributed by atoms with E-state index in [1.54, 1.807) is 42.5 Å². The number of amides is 3. The molecule has 3 amide bonds. The second-order valence-electron chi connectivity index (χ2n) is 12.8. The fraction of sp³-hybridized carbons (Fsp3) is 0.412. The molecule has 1 saturated carbocycles. The van der Waals surface area contributed by atoms with Crippen LogP contribution in [0.3, 0.4) is 0 Å². The van der Waals surface area contributed by atoms with Gasteiger partial charge in [-0.25, -0.2) is 22.0 Å². The van der Waals surface area contributed by atoms with Crippen molar-refractivity contribution in [2.45, 2.75) is 81.2 Å². The highest BCUT2D eigenvalue weighted by Crippen LogP contribution is 2.48. The summed E-state index contributed by atoms with van der Waals surface area (Å²) in [4.78, 5) is 43.0. The van der Waals surface area contributed by atoms with Crippen LogP contribution in [0.15, 0.2) is 72.9 Å². The third-order valence-corrected chi connectivity index (χ3v) is 8.65. The van der Waals surface area contributed by atoms with E-state index in [0.717, 1.165) is 29.9 Å². The second-order valence-corrected chi connectivity index (χ2v) is 12.8. The lowest BCUT2D eigenvalue weighted by molar-refractivity contribution is -0.136. The van der Waals surface area contributed by atoms with Gasteiger partial charge in [-0.2, -0.15) is 0 Å². The molecule has 1 aliphatic heterocycles. The van der Waals surface area contributed by atoms with Gasteiger partial charge in [-0.1, -0.05) is 54.6 Å². The number of alkyl halides is 5. The minimum atomic E-state index is -3.67. The molecule has 0 radical (unpaired) electrons. The van der Waals surface area contributed by atoms with Gasteiger partial charge in [-0.15, -0.1) is 0 Å². The van der Waals surface area contributed by atoms with Gasteiger partial charge >= 0.3 is 0 Å². The first-order valence-corrected chi connectivity index (χ1v) is 15.2. The summed E-state index contributed by atoms with van der Waals surface area (Å²) in [6, 6.07) is 12.4. The summed E-state index contributed by atoms with van der Waals surface area (Å²) in [6.45, 7) is 1.05. The molecule has 1 saturated heterocycles. The average molecular weight is 658 g/mol. The number of aromatic nitrogens is 1. The molecule has 3 aromatic rings. The number of hydrogen-bond donors (Lipinski definition) is 3. The maximum atomic E-state index is 15.0. The summed E-state index contributed by atoms with van der Waals surface area (Å²) in [5, 5.41) is 4.48. The lowest BCUT2D eigenvalue weighted by Gasteiger charge is -2.29. The van der Waals surface area contributed by atoms with Crippen LogP contribution >= 0.6 is 0 Å². The van der Waals surface area contributed by atoms with Gasteiger partial charge in [0.25, 0.3) is 18.3 Å². The molecule has 2 aliphatic rings. The van der Waals surface area contributed by atoms with Crippen molar-refractivity contribution in [1.29, 1.82) is 0 Å². The van der Waals surface area contributed by atoms with E-state index in [9.17, 15) is 36.3 Å². The smallest absolute Gasteiger partial charge is 0.294 e. The number of primary amides is 1. The summed E-state index contributed by atoms with van der Waals surface area (Å²) in [5.41, 5.74) is 5.55. The molecule has 1 aromatic heterocycles. The Balaban J connectivity index is 1.31. The summed E-state index contributed by atoms with van der Waals surface area (Å²) in [6.07, 6.45) is -0.890. The Hall–Kier alpha value is -4.39. The summed E-state index contributed by atoms with van der Waals surface area (Å²) >= 11 is 0. The molecule has 250 valence electrons. The number of nitrogens with one attached hydrogen (secondary N) is 2. The molecule has 8 nitrogen and oxygen atoms in total. The van der Waals surface area contributed by atoms with Crippen molar-refractivity contribution >= 4 is 17.7 Å². The Morgan fingerprint density at radius 1 is 1.02 bits per heavy atom. The van der Waals surface area contributed by atoms with Crippen molar-refractivity contribution in [1.82, 2.24) is 20.5 Å². The number of nitrogens with zero attached hydrogens (tertiary/aromatic N) is 2. The first kappa shape index (κ1) is 34.0. The number of rotatable bonds is 13. The summed E-state index contributed by atoms with van der Waals surface area (Å²) < 4.78 is 73.7. The highest BCUT2D eigenvalue weighted by molar-refractivity contribution is 5.92. The first-order chi connectivity index (χ1) is 22.1. The molecular formula is C34H36F5N5O3. The fourth-order valence-electron chi connectivity index (χ4n) is 5.93. The molecule has 4 N–H and O–H groups in total. The largest absolute Gasteiger partial charge is 0.369 e. The molecule has 0 bridgehead atoms. The number of benzene rings is 2. The molecule has 1 aliphatic carbocycles. The van der Waals surface area contributed by atoms with E-state index in [4.69, 9.17) is 5.73 Å². The predicted molar refractivity (Wildman–Crippen MR) is 164 cm³/mol. The molecule has 5 rings (SSSR count). The first-order valence-electron chi connectivity index (χ1n) is 15.2. The molecule has 3 atom stereocenters. The van der Waals surface area contributed by atoms with Crippen molar-refractivity contribution in [2.75, 3.05) is 6.54 Å². The Labute approximate surface area is 268 Å². The lowest BCUT2D eigenvalue weighted by Crippen LogP contribution is -2.56. The number of halogens is 5. The van der Waals surface area contributed by atoms with Crippen LogP contribution in [0, 0.1) is 0 Å². The number of carbonyl (C=O) groups excluding carboxylic acids is 3. The molecule has 47 heavy (non-hydrogen) atoms. The van der Waals surface area contributed by atoms with Crippen molar-refractivity contribution in [3.05, 3.63) is 89.7 Å².